The topological polar surface area (TPSA) is 131 Å². The second kappa shape index (κ2) is 13.3. The number of carbonyl (C=O) groups is 2. The Balaban J connectivity index is 1.92. The van der Waals surface area contributed by atoms with E-state index in [1.165, 1.54) is 12.2 Å². The predicted octanol–water partition coefficient (Wildman–Crippen LogP) is 5.30. The summed E-state index contributed by atoms with van der Waals surface area (Å²) in [7, 11) is 1.49. The molecule has 1 heterocycles. The lowest BCUT2D eigenvalue weighted by Crippen LogP contribution is -2.30. The van der Waals surface area contributed by atoms with E-state index in [0.29, 0.717) is 33.6 Å². The molecule has 2 amide bonds. The van der Waals surface area contributed by atoms with Crippen LogP contribution in [0.4, 0.5) is 28.3 Å². The molecule has 2 aromatic carbocycles. The van der Waals surface area contributed by atoms with Gasteiger partial charge in [-0.1, -0.05) is 54.4 Å². The number of anilines is 4. The zero-order chi connectivity index (χ0) is 26.8. The van der Waals surface area contributed by atoms with Gasteiger partial charge in [-0.05, 0) is 29.8 Å². The van der Waals surface area contributed by atoms with Gasteiger partial charge in [-0.3, -0.25) is 5.32 Å². The molecule has 0 fully saturated rings. The number of aromatic nitrogens is 3. The Hall–Kier alpha value is -4.09. The zero-order valence-corrected chi connectivity index (χ0v) is 21.6. The first-order chi connectivity index (χ1) is 17.8. The number of nitrogens with zero attached hydrogens (tertiary/aromatic N) is 4. The number of nitrogens with one attached hydrogen (secondary N) is 3. The Morgan fingerprint density at radius 3 is 2.51 bits per heavy atom. The van der Waals surface area contributed by atoms with Crippen molar-refractivity contribution >= 4 is 58.7 Å². The van der Waals surface area contributed by atoms with Crippen LogP contribution in [0.5, 0.6) is 5.75 Å². The highest BCUT2D eigenvalue weighted by Crippen LogP contribution is 2.25. The fourth-order valence-corrected chi connectivity index (χ4v) is 3.23. The molecule has 3 aromatic rings. The third-order valence-corrected chi connectivity index (χ3v) is 5.38. The fourth-order valence-electron chi connectivity index (χ4n) is 2.91. The smallest absolute Gasteiger partial charge is 0.332 e. The molecule has 0 aliphatic carbocycles. The van der Waals surface area contributed by atoms with E-state index in [9.17, 15) is 9.59 Å². The van der Waals surface area contributed by atoms with Crippen molar-refractivity contribution in [2.24, 2.45) is 0 Å². The van der Waals surface area contributed by atoms with E-state index in [0.717, 1.165) is 0 Å². The van der Waals surface area contributed by atoms with E-state index >= 15 is 0 Å². The highest BCUT2D eigenvalue weighted by atomic mass is 35.5. The molecular formula is C24H25Cl2N7O4. The average Bonchev–Trinajstić information content (AvgIpc) is 2.89. The first-order valence-electron chi connectivity index (χ1n) is 11.1. The molecule has 3 rings (SSSR count). The van der Waals surface area contributed by atoms with Crippen molar-refractivity contribution in [3.63, 3.8) is 0 Å². The summed E-state index contributed by atoms with van der Waals surface area (Å²) in [5, 5.41) is 10.1. The highest BCUT2D eigenvalue weighted by molar-refractivity contribution is 6.42. The average molecular weight is 546 g/mol. The summed E-state index contributed by atoms with van der Waals surface area (Å²) in [5.41, 5.74) is 1.11. The summed E-state index contributed by atoms with van der Waals surface area (Å²) >= 11 is 12.2. The lowest BCUT2D eigenvalue weighted by molar-refractivity contribution is -0.145. The molecule has 13 heteroatoms. The number of methoxy groups -OCH3 is 1. The van der Waals surface area contributed by atoms with Gasteiger partial charge in [-0.15, -0.1) is 6.58 Å². The van der Waals surface area contributed by atoms with E-state index in [1.54, 1.807) is 55.5 Å². The van der Waals surface area contributed by atoms with Gasteiger partial charge in [0.2, 0.25) is 11.9 Å². The van der Waals surface area contributed by atoms with Crippen molar-refractivity contribution < 1.29 is 19.2 Å². The third-order valence-electron chi connectivity index (χ3n) is 4.64. The van der Waals surface area contributed by atoms with Crippen molar-refractivity contribution in [3.8, 4) is 5.75 Å². The molecule has 37 heavy (non-hydrogen) atoms. The molecule has 11 nitrogen and oxygen atoms in total. The number of para-hydroxylation sites is 2. The molecule has 0 aliphatic heterocycles. The summed E-state index contributed by atoms with van der Waals surface area (Å²) in [6.07, 6.45) is 1.71. The number of halogens is 2. The molecule has 0 saturated carbocycles. The van der Waals surface area contributed by atoms with Gasteiger partial charge < -0.3 is 20.2 Å². The molecular weight excluding hydrogens is 521 g/mol. The van der Waals surface area contributed by atoms with Gasteiger partial charge in [-0.25, -0.2) is 9.59 Å². The summed E-state index contributed by atoms with van der Waals surface area (Å²) in [6.45, 7) is 5.69. The lowest BCUT2D eigenvalue weighted by atomic mass is 10.2. The standard InChI is InChI=1S/C24H25Cl2N7O4/c1-4-12-27-21-29-22(32-24(35)28-18-8-6-7-9-19(18)36-3)31-23(30-21)33(37-20(34)5-2)14-15-10-11-16(25)17(26)13-15/h4,6-11,13H,1,5,12,14H2,2-3H3,(H3,27,28,29,30,31,32,35). The van der Waals surface area contributed by atoms with E-state index < -0.39 is 12.0 Å². The van der Waals surface area contributed by atoms with Crippen LogP contribution in [-0.4, -0.2) is 40.6 Å². The van der Waals surface area contributed by atoms with Crippen molar-refractivity contribution in [2.75, 3.05) is 34.7 Å². The van der Waals surface area contributed by atoms with Crippen molar-refractivity contribution in [3.05, 3.63) is 70.7 Å². The van der Waals surface area contributed by atoms with Crippen LogP contribution < -0.4 is 25.8 Å². The molecule has 194 valence electrons. The van der Waals surface area contributed by atoms with E-state index in [4.69, 9.17) is 32.8 Å². The van der Waals surface area contributed by atoms with Crippen molar-refractivity contribution in [1.82, 2.24) is 15.0 Å². The number of hydrogen-bond donors (Lipinski definition) is 3. The van der Waals surface area contributed by atoms with Crippen LogP contribution in [0.3, 0.4) is 0 Å². The number of benzene rings is 2. The second-order valence-corrected chi connectivity index (χ2v) is 8.15. The minimum absolute atomic E-state index is 0.0398. The highest BCUT2D eigenvalue weighted by Gasteiger charge is 2.20. The van der Waals surface area contributed by atoms with Crippen LogP contribution in [0.25, 0.3) is 0 Å². The predicted molar refractivity (Wildman–Crippen MR) is 143 cm³/mol. The largest absolute Gasteiger partial charge is 0.495 e. The van der Waals surface area contributed by atoms with E-state index in [-0.39, 0.29) is 30.8 Å². The molecule has 0 bridgehead atoms. The molecule has 0 radical (unpaired) electrons. The van der Waals surface area contributed by atoms with Crippen LogP contribution in [0.1, 0.15) is 18.9 Å². The number of urea groups is 1. The second-order valence-electron chi connectivity index (χ2n) is 7.33. The Bertz CT molecular complexity index is 1280. The van der Waals surface area contributed by atoms with Crippen LogP contribution in [0, 0.1) is 0 Å². The SMILES string of the molecule is C=CCNc1nc(NC(=O)Nc2ccccc2OC)nc(N(Cc2ccc(Cl)c(Cl)c2)OC(=O)CC)n1. The summed E-state index contributed by atoms with van der Waals surface area (Å²) in [6, 6.07) is 11.3. The maximum atomic E-state index is 12.7. The first kappa shape index (κ1) is 27.5. The Labute approximate surface area is 223 Å². The van der Waals surface area contributed by atoms with Gasteiger partial charge >= 0.3 is 12.0 Å². The lowest BCUT2D eigenvalue weighted by Gasteiger charge is -2.22. The third kappa shape index (κ3) is 7.95. The van der Waals surface area contributed by atoms with Crippen LogP contribution >= 0.6 is 23.2 Å². The Kier molecular flexibility index (Phi) is 9.87. The summed E-state index contributed by atoms with van der Waals surface area (Å²) in [4.78, 5) is 43.2. The number of rotatable bonds is 11. The Morgan fingerprint density at radius 2 is 1.81 bits per heavy atom. The maximum Gasteiger partial charge on any atom is 0.332 e. The normalized spacial score (nSPS) is 10.3. The molecule has 1 aromatic heterocycles. The maximum absolute atomic E-state index is 12.7. The van der Waals surface area contributed by atoms with Gasteiger partial charge in [0.25, 0.3) is 5.95 Å². The number of hydrogen-bond acceptors (Lipinski definition) is 9. The van der Waals surface area contributed by atoms with Gasteiger partial charge in [0.05, 0.1) is 29.4 Å². The van der Waals surface area contributed by atoms with Gasteiger partial charge in [-0.2, -0.15) is 20.0 Å². The zero-order valence-electron chi connectivity index (χ0n) is 20.1. The van der Waals surface area contributed by atoms with Crippen molar-refractivity contribution in [1.29, 1.82) is 0 Å². The first-order valence-corrected chi connectivity index (χ1v) is 11.8. The molecule has 3 N–H and O–H groups in total. The fraction of sp³-hybridized carbons (Fsp3) is 0.208. The van der Waals surface area contributed by atoms with Crippen LogP contribution in [0.15, 0.2) is 55.1 Å². The number of carbonyl (C=O) groups excluding carboxylic acids is 2. The van der Waals surface area contributed by atoms with E-state index in [1.807, 2.05) is 0 Å². The Morgan fingerprint density at radius 1 is 1.05 bits per heavy atom. The van der Waals surface area contributed by atoms with Crippen LogP contribution in [-0.2, 0) is 16.2 Å². The number of amides is 2. The van der Waals surface area contributed by atoms with E-state index in [2.05, 4.69) is 37.5 Å². The molecule has 0 unspecified atom stereocenters. The minimum atomic E-state index is -0.627. The summed E-state index contributed by atoms with van der Waals surface area (Å²) < 4.78 is 5.25. The summed E-state index contributed by atoms with van der Waals surface area (Å²) in [5.74, 6) is -0.0760. The van der Waals surface area contributed by atoms with Crippen LogP contribution in [0.2, 0.25) is 10.0 Å². The van der Waals surface area contributed by atoms with Crippen molar-refractivity contribution in [2.45, 2.75) is 19.9 Å². The molecule has 0 saturated heterocycles. The molecule has 0 atom stereocenters. The number of hydroxylamine groups is 1. The van der Waals surface area contributed by atoms with Gasteiger partial charge in [0.15, 0.2) is 0 Å². The molecule has 0 spiro atoms. The number of ether oxygens (including phenoxy) is 1. The monoisotopic (exact) mass is 545 g/mol. The minimum Gasteiger partial charge on any atom is -0.495 e. The van der Waals surface area contributed by atoms with Gasteiger partial charge in [0.1, 0.15) is 5.75 Å². The quantitative estimate of drug-likeness (QED) is 0.217. The molecule has 0 aliphatic rings. The van der Waals surface area contributed by atoms with Gasteiger partial charge in [0, 0.05) is 13.0 Å².